The third-order valence-electron chi connectivity index (χ3n) is 4.40. The van der Waals surface area contributed by atoms with Crippen LogP contribution in [-0.2, 0) is 17.8 Å². The summed E-state index contributed by atoms with van der Waals surface area (Å²) in [5.41, 5.74) is 2.75. The monoisotopic (exact) mass is 354 g/mol. The minimum atomic E-state index is -0.273. The fourth-order valence-electron chi connectivity index (χ4n) is 3.03. The topological polar surface area (TPSA) is 86.0 Å². The van der Waals surface area contributed by atoms with E-state index in [1.54, 1.807) is 24.2 Å². The number of nitrogens with one attached hydrogen (secondary N) is 2. The number of hydrogen-bond donors (Lipinski definition) is 2. The summed E-state index contributed by atoms with van der Waals surface area (Å²) in [6.07, 6.45) is 5.73. The minimum absolute atomic E-state index is 0.273. The third-order valence-corrected chi connectivity index (χ3v) is 4.40. The number of nitrogens with zero attached hydrogens (tertiary/aromatic N) is 4. The van der Waals surface area contributed by atoms with Gasteiger partial charge in [-0.25, -0.2) is 9.78 Å². The quantitative estimate of drug-likeness (QED) is 0.683. The largest absolute Gasteiger partial charge is 0.383 e. The number of methoxy groups -OCH3 is 1. The summed E-state index contributed by atoms with van der Waals surface area (Å²) in [5.74, 6) is 0.889. The zero-order chi connectivity index (χ0) is 17.9. The Balaban J connectivity index is 1.39. The molecule has 4 rings (SSSR count). The van der Waals surface area contributed by atoms with Crippen LogP contribution in [0.3, 0.4) is 0 Å². The van der Waals surface area contributed by atoms with Gasteiger partial charge in [0.25, 0.3) is 0 Å². The summed E-state index contributed by atoms with van der Waals surface area (Å²) in [4.78, 5) is 16.9. The van der Waals surface area contributed by atoms with E-state index in [1.807, 2.05) is 18.2 Å². The van der Waals surface area contributed by atoms with E-state index in [0.717, 1.165) is 16.9 Å². The van der Waals surface area contributed by atoms with Crippen molar-refractivity contribution in [1.29, 1.82) is 0 Å². The lowest BCUT2D eigenvalue weighted by molar-refractivity contribution is 0.183. The Labute approximate surface area is 151 Å². The maximum absolute atomic E-state index is 12.2. The molecule has 2 heterocycles. The van der Waals surface area contributed by atoms with Gasteiger partial charge in [0.2, 0.25) is 0 Å². The molecule has 8 nitrogen and oxygen atoms in total. The van der Waals surface area contributed by atoms with Crippen LogP contribution in [0.5, 0.6) is 0 Å². The van der Waals surface area contributed by atoms with Crippen molar-refractivity contribution < 1.29 is 9.53 Å². The summed E-state index contributed by atoms with van der Waals surface area (Å²) >= 11 is 0. The molecule has 0 atom stereocenters. The Morgan fingerprint density at radius 2 is 2.19 bits per heavy atom. The Bertz CT molecular complexity index is 911. The van der Waals surface area contributed by atoms with E-state index in [2.05, 4.69) is 31.3 Å². The number of carbonyl (C=O) groups excluding carboxylic acids is 1. The highest BCUT2D eigenvalue weighted by Gasteiger charge is 2.28. The summed E-state index contributed by atoms with van der Waals surface area (Å²) < 4.78 is 8.99. The van der Waals surface area contributed by atoms with Crippen LogP contribution in [0.2, 0.25) is 0 Å². The van der Waals surface area contributed by atoms with Crippen molar-refractivity contribution in [3.05, 3.63) is 42.5 Å². The molecule has 2 aromatic heterocycles. The number of hydrogen-bond acceptors (Lipinski definition) is 4. The lowest BCUT2D eigenvalue weighted by atomic mass is 10.3. The van der Waals surface area contributed by atoms with Crippen LogP contribution in [0.25, 0.3) is 11.0 Å². The molecule has 1 saturated carbocycles. The van der Waals surface area contributed by atoms with E-state index in [1.165, 1.54) is 12.8 Å². The molecule has 0 unspecified atom stereocenters. The van der Waals surface area contributed by atoms with E-state index in [-0.39, 0.29) is 6.03 Å². The first-order valence-corrected chi connectivity index (χ1v) is 8.76. The molecule has 2 amide bonds. The number of ether oxygens (including phenoxy) is 1. The number of fused-ring (bicyclic) bond motifs is 1. The van der Waals surface area contributed by atoms with Gasteiger partial charge in [0.1, 0.15) is 5.82 Å². The van der Waals surface area contributed by atoms with Gasteiger partial charge in [0.05, 0.1) is 42.6 Å². The Morgan fingerprint density at radius 1 is 1.35 bits per heavy atom. The molecule has 1 aliphatic rings. The first kappa shape index (κ1) is 16.6. The number of carbonyl (C=O) groups is 1. The molecule has 0 radical (unpaired) electrons. The van der Waals surface area contributed by atoms with Gasteiger partial charge in [0, 0.05) is 19.3 Å². The molecule has 2 N–H and O–H groups in total. The lowest BCUT2D eigenvalue weighted by Crippen LogP contribution is -2.29. The molecule has 8 heteroatoms. The molecule has 1 aliphatic carbocycles. The first-order chi connectivity index (χ1) is 12.7. The van der Waals surface area contributed by atoms with Crippen molar-refractivity contribution in [2.24, 2.45) is 0 Å². The Hall–Kier alpha value is -2.87. The first-order valence-electron chi connectivity index (χ1n) is 8.76. The number of anilines is 1. The van der Waals surface area contributed by atoms with E-state index < -0.39 is 0 Å². The minimum Gasteiger partial charge on any atom is -0.383 e. The maximum atomic E-state index is 12.2. The average molecular weight is 354 g/mol. The highest BCUT2D eigenvalue weighted by Crippen LogP contribution is 2.38. The molecule has 0 spiro atoms. The van der Waals surface area contributed by atoms with Crippen LogP contribution < -0.4 is 10.6 Å². The molecule has 1 fully saturated rings. The van der Waals surface area contributed by atoms with Crippen molar-refractivity contribution in [1.82, 2.24) is 24.6 Å². The van der Waals surface area contributed by atoms with E-state index in [9.17, 15) is 4.79 Å². The normalized spacial score (nSPS) is 13.9. The molecule has 3 aromatic rings. The molecule has 0 saturated heterocycles. The standard InChI is InChI=1S/C18H22N6O2/c1-26-9-8-23-12-13(10-20-23)21-18(25)19-11-17-22-15-4-2-3-5-16(15)24(17)14-6-7-14/h2-5,10,12,14H,6-9,11H2,1H3,(H2,19,21,25). The van der Waals surface area contributed by atoms with Crippen molar-refractivity contribution in [3.63, 3.8) is 0 Å². The molecular weight excluding hydrogens is 332 g/mol. The van der Waals surface area contributed by atoms with E-state index in [0.29, 0.717) is 31.4 Å². The van der Waals surface area contributed by atoms with Gasteiger partial charge in [-0.1, -0.05) is 12.1 Å². The zero-order valence-electron chi connectivity index (χ0n) is 14.7. The van der Waals surface area contributed by atoms with Crippen LogP contribution in [-0.4, -0.2) is 39.1 Å². The maximum Gasteiger partial charge on any atom is 0.319 e. The number of para-hydroxylation sites is 2. The number of aromatic nitrogens is 4. The Kier molecular flexibility index (Phi) is 4.57. The summed E-state index contributed by atoms with van der Waals surface area (Å²) in [5, 5.41) is 9.86. The number of imidazole rings is 1. The summed E-state index contributed by atoms with van der Waals surface area (Å²) in [7, 11) is 1.64. The molecule has 0 bridgehead atoms. The molecule has 0 aliphatic heterocycles. The lowest BCUT2D eigenvalue weighted by Gasteiger charge is -2.09. The van der Waals surface area contributed by atoms with E-state index >= 15 is 0 Å². The van der Waals surface area contributed by atoms with Crippen molar-refractivity contribution in [2.75, 3.05) is 19.0 Å². The van der Waals surface area contributed by atoms with Gasteiger partial charge in [0.15, 0.2) is 0 Å². The van der Waals surface area contributed by atoms with E-state index in [4.69, 9.17) is 4.74 Å². The predicted octanol–water partition coefficient (Wildman–Crippen LogP) is 2.54. The van der Waals surface area contributed by atoms with Gasteiger partial charge in [-0.3, -0.25) is 4.68 Å². The number of benzene rings is 1. The summed E-state index contributed by atoms with van der Waals surface area (Å²) in [6.45, 7) is 1.60. The fraction of sp³-hybridized carbons (Fsp3) is 0.389. The summed E-state index contributed by atoms with van der Waals surface area (Å²) in [6, 6.07) is 8.32. The number of urea groups is 1. The smallest absolute Gasteiger partial charge is 0.319 e. The molecule has 136 valence electrons. The highest BCUT2D eigenvalue weighted by atomic mass is 16.5. The van der Waals surface area contributed by atoms with Gasteiger partial charge in [-0.05, 0) is 25.0 Å². The van der Waals surface area contributed by atoms with Crippen LogP contribution >= 0.6 is 0 Å². The molecule has 1 aromatic carbocycles. The van der Waals surface area contributed by atoms with Gasteiger partial charge in [-0.2, -0.15) is 5.10 Å². The van der Waals surface area contributed by atoms with Crippen LogP contribution in [0.4, 0.5) is 10.5 Å². The average Bonchev–Trinajstić information content (AvgIpc) is 3.27. The van der Waals surface area contributed by atoms with Crippen molar-refractivity contribution in [2.45, 2.75) is 32.0 Å². The van der Waals surface area contributed by atoms with Gasteiger partial charge in [-0.15, -0.1) is 0 Å². The predicted molar refractivity (Wildman–Crippen MR) is 98.0 cm³/mol. The van der Waals surface area contributed by atoms with Crippen LogP contribution in [0, 0.1) is 0 Å². The molecular formula is C18H22N6O2. The second-order valence-electron chi connectivity index (χ2n) is 6.41. The second kappa shape index (κ2) is 7.17. The SMILES string of the molecule is COCCn1cc(NC(=O)NCc2nc3ccccc3n2C2CC2)cn1. The van der Waals surface area contributed by atoms with Crippen LogP contribution in [0.1, 0.15) is 24.7 Å². The molecule has 26 heavy (non-hydrogen) atoms. The van der Waals surface area contributed by atoms with Crippen LogP contribution in [0.15, 0.2) is 36.7 Å². The van der Waals surface area contributed by atoms with Crippen molar-refractivity contribution >= 4 is 22.8 Å². The number of rotatable bonds is 7. The zero-order valence-corrected chi connectivity index (χ0v) is 14.7. The highest BCUT2D eigenvalue weighted by molar-refractivity contribution is 5.88. The second-order valence-corrected chi connectivity index (χ2v) is 6.41. The third kappa shape index (κ3) is 3.55. The van der Waals surface area contributed by atoms with Gasteiger partial charge >= 0.3 is 6.03 Å². The Morgan fingerprint density at radius 3 is 3.00 bits per heavy atom. The fourth-order valence-corrected chi connectivity index (χ4v) is 3.03. The van der Waals surface area contributed by atoms with Crippen molar-refractivity contribution in [3.8, 4) is 0 Å². The number of amides is 2. The van der Waals surface area contributed by atoms with Gasteiger partial charge < -0.3 is 19.9 Å².